The van der Waals surface area contributed by atoms with Gasteiger partial charge in [-0.15, -0.1) is 0 Å². The van der Waals surface area contributed by atoms with Crippen molar-refractivity contribution in [3.05, 3.63) is 95.1 Å². The molecule has 2 heterocycles. The number of carbonyl (C=O) groups excluding carboxylic acids is 1. The fraction of sp³-hybridized carbons (Fsp3) is 0.214. The minimum absolute atomic E-state index is 0.0460. The molecule has 1 aliphatic rings. The highest BCUT2D eigenvalue weighted by Crippen LogP contribution is 2.30. The van der Waals surface area contributed by atoms with E-state index in [0.29, 0.717) is 40.5 Å². The molecular weight excluding hydrogens is 508 g/mol. The Morgan fingerprint density at radius 3 is 2.57 bits per heavy atom. The molecule has 37 heavy (non-hydrogen) atoms. The topological polar surface area (TPSA) is 80.8 Å². The fourth-order valence-electron chi connectivity index (χ4n) is 4.43. The lowest BCUT2D eigenvalue weighted by atomic mass is 10.1. The number of para-hydroxylation sites is 1. The molecule has 7 nitrogen and oxygen atoms in total. The van der Waals surface area contributed by atoms with Crippen molar-refractivity contribution in [2.75, 3.05) is 38.0 Å². The van der Waals surface area contributed by atoms with Crippen molar-refractivity contribution in [2.45, 2.75) is 11.4 Å². The first kappa shape index (κ1) is 25.4. The van der Waals surface area contributed by atoms with Gasteiger partial charge in [-0.1, -0.05) is 41.9 Å². The predicted octanol–water partition coefficient (Wildman–Crippen LogP) is 4.99. The molecule has 0 spiro atoms. The zero-order valence-electron chi connectivity index (χ0n) is 20.4. The van der Waals surface area contributed by atoms with Crippen molar-refractivity contribution < 1.29 is 14.1 Å². The summed E-state index contributed by atoms with van der Waals surface area (Å²) >= 11 is 4.42. The molecule has 3 aromatic carbocycles. The Morgan fingerprint density at radius 1 is 1.05 bits per heavy atom. The van der Waals surface area contributed by atoms with Gasteiger partial charge in [-0.2, -0.15) is 4.72 Å². The second-order valence-electron chi connectivity index (χ2n) is 8.81. The first-order valence-corrected chi connectivity index (χ1v) is 13.5. The molecule has 5 rings (SSSR count). The monoisotopic (exact) mass is 534 g/mol. The van der Waals surface area contributed by atoms with Crippen LogP contribution in [0.3, 0.4) is 0 Å². The number of hydrogen-bond donors (Lipinski definition) is 1. The SMILES string of the molecule is COc1cc(C(=O)N2CCN(Cc3ccc(Cl)cc3)CC2)ccc1N[S+]([O-])c1cccc2cccnc12. The van der Waals surface area contributed by atoms with Crippen LogP contribution in [0.15, 0.2) is 83.9 Å². The van der Waals surface area contributed by atoms with Gasteiger partial charge in [-0.05, 0) is 48.0 Å². The number of ether oxygens (including phenoxy) is 1. The second kappa shape index (κ2) is 11.4. The van der Waals surface area contributed by atoms with Crippen molar-refractivity contribution in [3.8, 4) is 5.75 Å². The summed E-state index contributed by atoms with van der Waals surface area (Å²) < 4.78 is 21.7. The summed E-state index contributed by atoms with van der Waals surface area (Å²) in [5.41, 5.74) is 2.95. The van der Waals surface area contributed by atoms with Gasteiger partial charge in [0.1, 0.15) is 28.3 Å². The van der Waals surface area contributed by atoms with Crippen LogP contribution in [0.1, 0.15) is 15.9 Å². The summed E-state index contributed by atoms with van der Waals surface area (Å²) in [6, 6.07) is 22.4. The summed E-state index contributed by atoms with van der Waals surface area (Å²) in [7, 11) is 1.53. The lowest BCUT2D eigenvalue weighted by molar-refractivity contribution is 0.0628. The van der Waals surface area contributed by atoms with E-state index in [1.165, 1.54) is 12.7 Å². The standard InChI is InChI=1S/C28H27ClN4O3S/c1-36-25-18-22(28(34)33-16-14-32(15-17-33)19-20-7-10-23(29)11-8-20)9-12-24(25)31-37(35)26-6-2-4-21-5-3-13-30-27(21)26/h2-13,18,31H,14-17,19H2,1H3. The van der Waals surface area contributed by atoms with Crippen LogP contribution in [0.2, 0.25) is 5.02 Å². The maximum Gasteiger partial charge on any atom is 0.254 e. The quantitative estimate of drug-likeness (QED) is 0.336. The van der Waals surface area contributed by atoms with E-state index < -0.39 is 11.4 Å². The van der Waals surface area contributed by atoms with Crippen LogP contribution in [0.4, 0.5) is 5.69 Å². The highest BCUT2D eigenvalue weighted by atomic mass is 35.5. The van der Waals surface area contributed by atoms with E-state index >= 15 is 0 Å². The Kier molecular flexibility index (Phi) is 7.81. The molecule has 9 heteroatoms. The first-order valence-electron chi connectivity index (χ1n) is 12.0. The van der Waals surface area contributed by atoms with Gasteiger partial charge in [0.15, 0.2) is 0 Å². The molecule has 1 amide bonds. The number of pyridine rings is 1. The smallest absolute Gasteiger partial charge is 0.254 e. The van der Waals surface area contributed by atoms with Crippen LogP contribution in [0.5, 0.6) is 5.75 Å². The number of fused-ring (bicyclic) bond motifs is 1. The highest BCUT2D eigenvalue weighted by Gasteiger charge is 2.24. The molecule has 0 radical (unpaired) electrons. The number of rotatable bonds is 7. The zero-order valence-corrected chi connectivity index (χ0v) is 22.0. The molecule has 1 aliphatic heterocycles. The lowest BCUT2D eigenvalue weighted by Gasteiger charge is -2.35. The van der Waals surface area contributed by atoms with Gasteiger partial charge in [0.25, 0.3) is 5.91 Å². The number of anilines is 1. The number of nitrogens with one attached hydrogen (secondary N) is 1. The Balaban J connectivity index is 1.24. The zero-order chi connectivity index (χ0) is 25.8. The van der Waals surface area contributed by atoms with E-state index in [-0.39, 0.29) is 5.91 Å². The molecule has 1 aromatic heterocycles. The lowest BCUT2D eigenvalue weighted by Crippen LogP contribution is -2.48. The third-order valence-electron chi connectivity index (χ3n) is 6.43. The molecule has 190 valence electrons. The third-order valence-corrected chi connectivity index (χ3v) is 7.81. The summed E-state index contributed by atoms with van der Waals surface area (Å²) in [4.78, 5) is 22.4. The summed E-state index contributed by atoms with van der Waals surface area (Å²) in [6.07, 6.45) is 1.68. The van der Waals surface area contributed by atoms with Gasteiger partial charge in [0.05, 0.1) is 7.11 Å². The van der Waals surface area contributed by atoms with Crippen molar-refractivity contribution in [2.24, 2.45) is 0 Å². The van der Waals surface area contributed by atoms with Gasteiger partial charge in [0, 0.05) is 54.9 Å². The van der Waals surface area contributed by atoms with Crippen molar-refractivity contribution in [1.29, 1.82) is 0 Å². The van der Waals surface area contributed by atoms with E-state index in [0.717, 1.165) is 30.0 Å². The minimum Gasteiger partial charge on any atom is -0.588 e. The first-order chi connectivity index (χ1) is 18.0. The number of carbonyl (C=O) groups is 1. The van der Waals surface area contributed by atoms with Gasteiger partial charge in [-0.3, -0.25) is 14.7 Å². The molecule has 1 saturated heterocycles. The van der Waals surface area contributed by atoms with Crippen molar-refractivity contribution in [1.82, 2.24) is 14.8 Å². The number of amides is 1. The van der Waals surface area contributed by atoms with E-state index in [1.807, 2.05) is 53.4 Å². The average Bonchev–Trinajstić information content (AvgIpc) is 2.94. The van der Waals surface area contributed by atoms with Crippen molar-refractivity contribution >= 4 is 45.5 Å². The molecule has 1 atom stereocenters. The number of nitrogens with zero attached hydrogens (tertiary/aromatic N) is 3. The summed E-state index contributed by atoms with van der Waals surface area (Å²) in [5, 5.41) is 1.64. The fourth-order valence-corrected chi connectivity index (χ4v) is 5.58. The Bertz CT molecular complexity index is 1390. The number of halogens is 1. The molecule has 0 bridgehead atoms. The maximum atomic E-state index is 13.2. The minimum atomic E-state index is -1.57. The van der Waals surface area contributed by atoms with E-state index in [1.54, 1.807) is 30.5 Å². The molecule has 1 unspecified atom stereocenters. The predicted molar refractivity (Wildman–Crippen MR) is 147 cm³/mol. The largest absolute Gasteiger partial charge is 0.588 e. The number of piperazine rings is 1. The maximum absolute atomic E-state index is 13.2. The van der Waals surface area contributed by atoms with Crippen LogP contribution in [-0.4, -0.2) is 58.5 Å². The van der Waals surface area contributed by atoms with E-state index in [9.17, 15) is 9.35 Å². The van der Waals surface area contributed by atoms with Gasteiger partial charge >= 0.3 is 0 Å². The molecule has 4 aromatic rings. The van der Waals surface area contributed by atoms with Crippen molar-refractivity contribution in [3.63, 3.8) is 0 Å². The highest BCUT2D eigenvalue weighted by molar-refractivity contribution is 7.93. The van der Waals surface area contributed by atoms with E-state index in [4.69, 9.17) is 16.3 Å². The summed E-state index contributed by atoms with van der Waals surface area (Å²) in [5.74, 6) is 0.407. The Hall–Kier alpha value is -3.30. The average molecular weight is 535 g/mol. The van der Waals surface area contributed by atoms with Gasteiger partial charge in [-0.25, -0.2) is 0 Å². The summed E-state index contributed by atoms with van der Waals surface area (Å²) in [6.45, 7) is 3.71. The molecule has 1 fully saturated rings. The molecule has 1 N–H and O–H groups in total. The van der Waals surface area contributed by atoms with Gasteiger partial charge < -0.3 is 14.2 Å². The normalized spacial score (nSPS) is 14.9. The Labute approximate surface area is 224 Å². The second-order valence-corrected chi connectivity index (χ2v) is 10.4. The number of hydrogen-bond acceptors (Lipinski definition) is 6. The molecule has 0 saturated carbocycles. The number of methoxy groups -OCH3 is 1. The van der Waals surface area contributed by atoms with Crippen LogP contribution < -0.4 is 9.46 Å². The van der Waals surface area contributed by atoms with Crippen LogP contribution in [-0.2, 0) is 17.9 Å². The molecule has 0 aliphatic carbocycles. The van der Waals surface area contributed by atoms with Crippen LogP contribution >= 0.6 is 11.6 Å². The molecular formula is C28H27ClN4O3S. The number of benzene rings is 3. The van der Waals surface area contributed by atoms with Gasteiger partial charge in [0.2, 0.25) is 4.90 Å². The van der Waals surface area contributed by atoms with Crippen LogP contribution in [0.25, 0.3) is 10.9 Å². The third kappa shape index (κ3) is 5.83. The number of aromatic nitrogens is 1. The van der Waals surface area contributed by atoms with E-state index in [2.05, 4.69) is 14.6 Å². The Morgan fingerprint density at radius 2 is 1.81 bits per heavy atom. The van der Waals surface area contributed by atoms with Crippen LogP contribution in [0, 0.1) is 0 Å².